The molecule has 13 heteroatoms. The maximum atomic E-state index is 13.6. The third-order valence-corrected chi connectivity index (χ3v) is 9.89. The Morgan fingerprint density at radius 3 is 2.55 bits per heavy atom. The molecule has 4 rings (SSSR count). The highest BCUT2D eigenvalue weighted by atomic mass is 32.2. The molecule has 0 spiro atoms. The molecule has 1 amide bonds. The largest absolute Gasteiger partial charge is 0.421 e. The predicted octanol–water partition coefficient (Wildman–Crippen LogP) is 1.92. The van der Waals surface area contributed by atoms with Crippen LogP contribution >= 0.6 is 12.2 Å². The first-order chi connectivity index (χ1) is 17.7. The number of thiocarbonyl (C=S) groups is 1. The molecule has 8 nitrogen and oxygen atoms in total. The Morgan fingerprint density at radius 2 is 1.92 bits per heavy atom. The first-order valence-corrected chi connectivity index (χ1v) is 14.1. The average Bonchev–Trinajstić information content (AvgIpc) is 2.86. The average molecular weight is 573 g/mol. The van der Waals surface area contributed by atoms with E-state index in [2.05, 4.69) is 10.6 Å². The first-order valence-electron chi connectivity index (χ1n) is 12.2. The van der Waals surface area contributed by atoms with E-state index in [0.29, 0.717) is 30.3 Å². The zero-order valence-corrected chi connectivity index (χ0v) is 22.7. The molecule has 0 aromatic heterocycles. The molecule has 3 aliphatic rings. The number of aliphatic hydroxyl groups is 1. The van der Waals surface area contributed by atoms with Crippen LogP contribution in [-0.2, 0) is 26.0 Å². The van der Waals surface area contributed by atoms with Gasteiger partial charge in [0.2, 0.25) is 15.9 Å². The summed E-state index contributed by atoms with van der Waals surface area (Å²) in [5.74, 6) is -0.167. The zero-order valence-electron chi connectivity index (χ0n) is 21.1. The number of carbonyl (C=O) groups is 1. The van der Waals surface area contributed by atoms with Crippen molar-refractivity contribution in [2.75, 3.05) is 39.3 Å². The molecule has 2 unspecified atom stereocenters. The molecule has 2 aliphatic heterocycles. The van der Waals surface area contributed by atoms with Gasteiger partial charge in [-0.1, -0.05) is 48.6 Å². The van der Waals surface area contributed by atoms with Crippen LogP contribution in [0.5, 0.6) is 0 Å². The SMILES string of the molecule is CC1CNC(=O)CN1C[C@@]1(c2ccc(C(C)(O)C(F)(F)F)cc2)CN(S(=O)(=O)C2=CC=CCC2=S)CCN1. The quantitative estimate of drug-likeness (QED) is 0.448. The molecule has 2 saturated heterocycles. The van der Waals surface area contributed by atoms with Gasteiger partial charge in [0.15, 0.2) is 5.60 Å². The van der Waals surface area contributed by atoms with Gasteiger partial charge in [-0.3, -0.25) is 9.69 Å². The summed E-state index contributed by atoms with van der Waals surface area (Å²) in [6, 6.07) is 5.30. The molecule has 208 valence electrons. The Kier molecular flexibility index (Phi) is 7.92. The van der Waals surface area contributed by atoms with Gasteiger partial charge in [-0.25, -0.2) is 8.42 Å². The van der Waals surface area contributed by atoms with E-state index in [1.807, 2.05) is 11.8 Å². The summed E-state index contributed by atoms with van der Waals surface area (Å²) >= 11 is 5.32. The monoisotopic (exact) mass is 572 g/mol. The van der Waals surface area contributed by atoms with E-state index in [-0.39, 0.29) is 55.1 Å². The van der Waals surface area contributed by atoms with Crippen LogP contribution < -0.4 is 10.6 Å². The molecular formula is C25H31F3N4O4S2. The highest BCUT2D eigenvalue weighted by Gasteiger charge is 2.51. The van der Waals surface area contributed by atoms with Gasteiger partial charge in [0, 0.05) is 50.1 Å². The smallest absolute Gasteiger partial charge is 0.376 e. The predicted molar refractivity (Wildman–Crippen MR) is 141 cm³/mol. The summed E-state index contributed by atoms with van der Waals surface area (Å²) in [4.78, 5) is 14.5. The number of halogens is 3. The van der Waals surface area contributed by atoms with Crippen molar-refractivity contribution in [1.29, 1.82) is 0 Å². The van der Waals surface area contributed by atoms with Crippen LogP contribution in [0.15, 0.2) is 47.4 Å². The van der Waals surface area contributed by atoms with Crippen molar-refractivity contribution < 1.29 is 31.5 Å². The number of benzene rings is 1. The second-order valence-corrected chi connectivity index (χ2v) is 12.5. The Hall–Kier alpha value is -2.16. The van der Waals surface area contributed by atoms with Crippen LogP contribution in [0, 0.1) is 0 Å². The molecule has 1 aromatic carbocycles. The van der Waals surface area contributed by atoms with E-state index in [0.717, 1.165) is 0 Å². The van der Waals surface area contributed by atoms with Crippen LogP contribution in [0.1, 0.15) is 31.4 Å². The maximum absolute atomic E-state index is 13.6. The van der Waals surface area contributed by atoms with E-state index >= 15 is 0 Å². The fraction of sp³-hybridized carbons (Fsp3) is 0.520. The number of nitrogens with zero attached hydrogens (tertiary/aromatic N) is 2. The van der Waals surface area contributed by atoms with E-state index in [4.69, 9.17) is 12.2 Å². The van der Waals surface area contributed by atoms with Crippen molar-refractivity contribution in [1.82, 2.24) is 19.8 Å². The number of piperazine rings is 2. The van der Waals surface area contributed by atoms with E-state index < -0.39 is 27.3 Å². The highest BCUT2D eigenvalue weighted by molar-refractivity contribution is 7.96. The number of sulfonamides is 1. The molecule has 0 radical (unpaired) electrons. The van der Waals surface area contributed by atoms with Crippen LogP contribution in [0.2, 0.25) is 0 Å². The van der Waals surface area contributed by atoms with Crippen molar-refractivity contribution in [3.8, 4) is 0 Å². The third-order valence-electron chi connectivity index (χ3n) is 7.44. The molecule has 3 atom stereocenters. The van der Waals surface area contributed by atoms with Crippen molar-refractivity contribution in [3.05, 3.63) is 58.5 Å². The lowest BCUT2D eigenvalue weighted by molar-refractivity contribution is -0.258. The second-order valence-electron chi connectivity index (χ2n) is 10.1. The van der Waals surface area contributed by atoms with Gasteiger partial charge in [-0.2, -0.15) is 17.5 Å². The molecule has 1 aromatic rings. The van der Waals surface area contributed by atoms with Crippen LogP contribution in [-0.4, -0.2) is 85.0 Å². The van der Waals surface area contributed by atoms with Crippen molar-refractivity contribution >= 4 is 33.0 Å². The van der Waals surface area contributed by atoms with Gasteiger partial charge in [-0.05, 0) is 31.1 Å². The van der Waals surface area contributed by atoms with Gasteiger partial charge >= 0.3 is 6.18 Å². The van der Waals surface area contributed by atoms with Gasteiger partial charge in [0.1, 0.15) is 0 Å². The van der Waals surface area contributed by atoms with Crippen LogP contribution in [0.25, 0.3) is 0 Å². The van der Waals surface area contributed by atoms with Crippen molar-refractivity contribution in [3.63, 3.8) is 0 Å². The van der Waals surface area contributed by atoms with E-state index in [9.17, 15) is 31.5 Å². The third kappa shape index (κ3) is 5.45. The second kappa shape index (κ2) is 10.4. The topological polar surface area (TPSA) is 102 Å². The van der Waals surface area contributed by atoms with Gasteiger partial charge in [0.25, 0.3) is 0 Å². The number of hydrogen-bond acceptors (Lipinski definition) is 7. The minimum atomic E-state index is -4.88. The minimum Gasteiger partial charge on any atom is -0.376 e. The summed E-state index contributed by atoms with van der Waals surface area (Å²) in [6.07, 6.45) is 0.382. The van der Waals surface area contributed by atoms with Crippen LogP contribution in [0.4, 0.5) is 13.2 Å². The molecular weight excluding hydrogens is 541 g/mol. The normalized spacial score (nSPS) is 27.5. The molecule has 3 N–H and O–H groups in total. The Balaban J connectivity index is 1.74. The molecule has 2 fully saturated rings. The lowest BCUT2D eigenvalue weighted by Crippen LogP contribution is -2.66. The minimum absolute atomic E-state index is 0.0289. The fourth-order valence-corrected chi connectivity index (χ4v) is 7.07. The molecule has 2 heterocycles. The zero-order chi connectivity index (χ0) is 27.9. The van der Waals surface area contributed by atoms with Crippen LogP contribution in [0.3, 0.4) is 0 Å². The summed E-state index contributed by atoms with van der Waals surface area (Å²) in [7, 11) is -3.95. The Bertz CT molecular complexity index is 1260. The Morgan fingerprint density at radius 1 is 1.24 bits per heavy atom. The fourth-order valence-electron chi connectivity index (χ4n) is 4.97. The van der Waals surface area contributed by atoms with Gasteiger partial charge in [-0.15, -0.1) is 0 Å². The highest BCUT2D eigenvalue weighted by Crippen LogP contribution is 2.39. The number of carbonyl (C=O) groups excluding carboxylic acids is 1. The summed E-state index contributed by atoms with van der Waals surface area (Å²) in [5, 5.41) is 16.3. The summed E-state index contributed by atoms with van der Waals surface area (Å²) in [6.45, 7) is 3.77. The number of alkyl halides is 3. The number of nitrogens with one attached hydrogen (secondary N) is 2. The molecule has 0 saturated carbocycles. The standard InChI is InChI=1S/C25H31F3N4O4S2/c1-17-13-29-22(33)14-31(17)15-24(19-9-7-18(8-10-19)23(2,34)25(26,27)28)16-32(12-11-30-24)38(35,36)21-6-4-3-5-20(21)37/h3-4,6-10,17,30,34H,5,11-16H2,1-2H3,(H,29,33)/t17?,23?,24-/m0/s1. The molecule has 38 heavy (non-hydrogen) atoms. The summed E-state index contributed by atoms with van der Waals surface area (Å²) < 4.78 is 68.9. The van der Waals surface area contributed by atoms with E-state index in [1.54, 1.807) is 12.2 Å². The lowest BCUT2D eigenvalue weighted by Gasteiger charge is -2.48. The number of allylic oxidation sites excluding steroid dienone is 4. The van der Waals surface area contributed by atoms with Gasteiger partial charge < -0.3 is 15.7 Å². The maximum Gasteiger partial charge on any atom is 0.421 e. The number of hydrogen-bond donors (Lipinski definition) is 3. The first kappa shape index (κ1) is 28.8. The molecule has 1 aliphatic carbocycles. The number of rotatable bonds is 6. The van der Waals surface area contributed by atoms with E-state index in [1.165, 1.54) is 34.6 Å². The summed E-state index contributed by atoms with van der Waals surface area (Å²) in [5.41, 5.74) is -3.90. The Labute approximate surface area is 225 Å². The lowest BCUT2D eigenvalue weighted by atomic mass is 9.84. The van der Waals surface area contributed by atoms with Gasteiger partial charge in [0.05, 0.1) is 17.0 Å². The number of amides is 1. The molecule has 0 bridgehead atoms. The van der Waals surface area contributed by atoms with Crippen molar-refractivity contribution in [2.24, 2.45) is 0 Å². The van der Waals surface area contributed by atoms with Crippen molar-refractivity contribution in [2.45, 2.75) is 43.6 Å².